The van der Waals surface area contributed by atoms with Crippen molar-refractivity contribution >= 4 is 5.69 Å². The number of nitrogens with one attached hydrogen (secondary N) is 1. The Morgan fingerprint density at radius 2 is 1.82 bits per heavy atom. The second-order valence-corrected chi connectivity index (χ2v) is 4.65. The zero-order valence-corrected chi connectivity index (χ0v) is 10.8. The standard InChI is InChI=1S/C14H22N2O/c1-12-4-3-5-13(2)14(12)15-6-7-16-8-10-17-11-9-16/h3-5,15H,6-11H2,1-2H3. The fraction of sp³-hybridized carbons (Fsp3) is 0.571. The summed E-state index contributed by atoms with van der Waals surface area (Å²) < 4.78 is 5.34. The summed E-state index contributed by atoms with van der Waals surface area (Å²) in [7, 11) is 0. The molecule has 0 atom stereocenters. The number of ether oxygens (including phenoxy) is 1. The number of nitrogens with zero attached hydrogens (tertiary/aromatic N) is 1. The maximum Gasteiger partial charge on any atom is 0.0594 e. The first kappa shape index (κ1) is 12.4. The Morgan fingerprint density at radius 3 is 2.47 bits per heavy atom. The van der Waals surface area contributed by atoms with E-state index >= 15 is 0 Å². The third kappa shape index (κ3) is 3.45. The lowest BCUT2D eigenvalue weighted by atomic mass is 10.1. The number of rotatable bonds is 4. The summed E-state index contributed by atoms with van der Waals surface area (Å²) in [5, 5.41) is 3.55. The van der Waals surface area contributed by atoms with E-state index in [1.54, 1.807) is 0 Å². The predicted octanol–water partition coefficient (Wildman–Crippen LogP) is 2.05. The van der Waals surface area contributed by atoms with Gasteiger partial charge in [0.1, 0.15) is 0 Å². The average Bonchev–Trinajstić information content (AvgIpc) is 2.34. The van der Waals surface area contributed by atoms with Crippen molar-refractivity contribution in [2.75, 3.05) is 44.7 Å². The van der Waals surface area contributed by atoms with Crippen molar-refractivity contribution in [3.63, 3.8) is 0 Å². The van der Waals surface area contributed by atoms with Crippen LogP contribution in [0.25, 0.3) is 0 Å². The van der Waals surface area contributed by atoms with Crippen LogP contribution in [-0.4, -0.2) is 44.3 Å². The van der Waals surface area contributed by atoms with Crippen LogP contribution in [0.15, 0.2) is 18.2 Å². The summed E-state index contributed by atoms with van der Waals surface area (Å²) in [4.78, 5) is 2.45. The maximum absolute atomic E-state index is 5.34. The van der Waals surface area contributed by atoms with Gasteiger partial charge in [0.05, 0.1) is 13.2 Å². The van der Waals surface area contributed by atoms with Crippen LogP contribution in [0.4, 0.5) is 5.69 Å². The summed E-state index contributed by atoms with van der Waals surface area (Å²) in [6, 6.07) is 6.42. The van der Waals surface area contributed by atoms with E-state index in [9.17, 15) is 0 Å². The number of hydrogen-bond acceptors (Lipinski definition) is 3. The van der Waals surface area contributed by atoms with E-state index in [4.69, 9.17) is 4.74 Å². The molecule has 0 unspecified atom stereocenters. The van der Waals surface area contributed by atoms with Gasteiger partial charge in [-0.3, -0.25) is 4.90 Å². The molecule has 1 saturated heterocycles. The lowest BCUT2D eigenvalue weighted by Crippen LogP contribution is -2.39. The quantitative estimate of drug-likeness (QED) is 0.863. The molecule has 1 fully saturated rings. The van der Waals surface area contributed by atoms with Gasteiger partial charge in [-0.1, -0.05) is 18.2 Å². The molecule has 1 aromatic carbocycles. The predicted molar refractivity (Wildman–Crippen MR) is 71.7 cm³/mol. The molecule has 1 aromatic rings. The topological polar surface area (TPSA) is 24.5 Å². The van der Waals surface area contributed by atoms with Crippen molar-refractivity contribution in [2.24, 2.45) is 0 Å². The van der Waals surface area contributed by atoms with Gasteiger partial charge in [0, 0.05) is 31.9 Å². The van der Waals surface area contributed by atoms with Crippen molar-refractivity contribution in [3.8, 4) is 0 Å². The lowest BCUT2D eigenvalue weighted by molar-refractivity contribution is 0.0398. The van der Waals surface area contributed by atoms with Crippen LogP contribution in [0.5, 0.6) is 0 Å². The molecule has 0 amide bonds. The van der Waals surface area contributed by atoms with Crippen LogP contribution in [0.3, 0.4) is 0 Å². The van der Waals surface area contributed by atoms with Crippen molar-refractivity contribution < 1.29 is 4.74 Å². The number of morpholine rings is 1. The number of anilines is 1. The first-order valence-electron chi connectivity index (χ1n) is 6.37. The molecule has 3 heteroatoms. The second-order valence-electron chi connectivity index (χ2n) is 4.65. The number of aryl methyl sites for hydroxylation is 2. The molecule has 0 spiro atoms. The minimum Gasteiger partial charge on any atom is -0.383 e. The van der Waals surface area contributed by atoms with Crippen LogP contribution >= 0.6 is 0 Å². The Hall–Kier alpha value is -1.06. The van der Waals surface area contributed by atoms with E-state index in [1.807, 2.05) is 0 Å². The van der Waals surface area contributed by atoms with Gasteiger partial charge in [0.2, 0.25) is 0 Å². The first-order valence-corrected chi connectivity index (χ1v) is 6.37. The SMILES string of the molecule is Cc1cccc(C)c1NCCN1CCOCC1. The highest BCUT2D eigenvalue weighted by Crippen LogP contribution is 2.18. The van der Waals surface area contributed by atoms with Gasteiger partial charge in [0.25, 0.3) is 0 Å². The van der Waals surface area contributed by atoms with Gasteiger partial charge < -0.3 is 10.1 Å². The summed E-state index contributed by atoms with van der Waals surface area (Å²) in [6.45, 7) is 10.3. The summed E-state index contributed by atoms with van der Waals surface area (Å²) in [5.41, 5.74) is 3.94. The van der Waals surface area contributed by atoms with E-state index in [-0.39, 0.29) is 0 Å². The lowest BCUT2D eigenvalue weighted by Gasteiger charge is -2.27. The Kier molecular flexibility index (Phi) is 4.40. The zero-order valence-electron chi connectivity index (χ0n) is 10.8. The van der Waals surface area contributed by atoms with E-state index in [0.717, 1.165) is 39.4 Å². The summed E-state index contributed by atoms with van der Waals surface area (Å²) >= 11 is 0. The van der Waals surface area contributed by atoms with E-state index < -0.39 is 0 Å². The molecule has 0 aliphatic carbocycles. The molecule has 1 N–H and O–H groups in total. The van der Waals surface area contributed by atoms with Gasteiger partial charge in [-0.05, 0) is 25.0 Å². The van der Waals surface area contributed by atoms with Crippen LogP contribution in [0.2, 0.25) is 0 Å². The van der Waals surface area contributed by atoms with Gasteiger partial charge in [0.15, 0.2) is 0 Å². The third-order valence-electron chi connectivity index (χ3n) is 3.31. The molecular formula is C14H22N2O. The average molecular weight is 234 g/mol. The number of hydrogen-bond donors (Lipinski definition) is 1. The Morgan fingerprint density at radius 1 is 1.18 bits per heavy atom. The van der Waals surface area contributed by atoms with Gasteiger partial charge in [-0.15, -0.1) is 0 Å². The Labute approximate surface area is 104 Å². The summed E-state index contributed by atoms with van der Waals surface area (Å²) in [5.74, 6) is 0. The molecule has 2 rings (SSSR count). The van der Waals surface area contributed by atoms with E-state index in [1.165, 1.54) is 16.8 Å². The van der Waals surface area contributed by atoms with Gasteiger partial charge in [-0.25, -0.2) is 0 Å². The van der Waals surface area contributed by atoms with Crippen molar-refractivity contribution in [3.05, 3.63) is 29.3 Å². The number of benzene rings is 1. The first-order chi connectivity index (χ1) is 8.27. The minimum atomic E-state index is 0.878. The fourth-order valence-electron chi connectivity index (χ4n) is 2.26. The smallest absolute Gasteiger partial charge is 0.0594 e. The van der Waals surface area contributed by atoms with Crippen LogP contribution < -0.4 is 5.32 Å². The monoisotopic (exact) mass is 234 g/mol. The minimum absolute atomic E-state index is 0.878. The van der Waals surface area contributed by atoms with Crippen molar-refractivity contribution in [2.45, 2.75) is 13.8 Å². The molecule has 1 aliphatic rings. The van der Waals surface area contributed by atoms with Crippen molar-refractivity contribution in [1.82, 2.24) is 4.90 Å². The zero-order chi connectivity index (χ0) is 12.1. The molecule has 0 bridgehead atoms. The van der Waals surface area contributed by atoms with Crippen LogP contribution in [0, 0.1) is 13.8 Å². The molecule has 1 aliphatic heterocycles. The third-order valence-corrected chi connectivity index (χ3v) is 3.31. The molecule has 17 heavy (non-hydrogen) atoms. The summed E-state index contributed by atoms with van der Waals surface area (Å²) in [6.07, 6.45) is 0. The maximum atomic E-state index is 5.34. The highest BCUT2D eigenvalue weighted by Gasteiger charge is 2.09. The molecule has 0 saturated carbocycles. The molecule has 0 aromatic heterocycles. The Bertz CT molecular complexity index is 339. The molecular weight excluding hydrogens is 212 g/mol. The molecule has 0 radical (unpaired) electrons. The van der Waals surface area contributed by atoms with Crippen molar-refractivity contribution in [1.29, 1.82) is 0 Å². The molecule has 3 nitrogen and oxygen atoms in total. The van der Waals surface area contributed by atoms with Crippen LogP contribution in [-0.2, 0) is 4.74 Å². The van der Waals surface area contributed by atoms with E-state index in [0.29, 0.717) is 0 Å². The van der Waals surface area contributed by atoms with Gasteiger partial charge in [-0.2, -0.15) is 0 Å². The Balaban J connectivity index is 1.81. The second kappa shape index (κ2) is 6.03. The highest BCUT2D eigenvalue weighted by molar-refractivity contribution is 5.56. The van der Waals surface area contributed by atoms with Gasteiger partial charge >= 0.3 is 0 Å². The molecule has 1 heterocycles. The largest absolute Gasteiger partial charge is 0.383 e. The van der Waals surface area contributed by atoms with E-state index in [2.05, 4.69) is 42.3 Å². The number of para-hydroxylation sites is 1. The highest BCUT2D eigenvalue weighted by atomic mass is 16.5. The molecule has 94 valence electrons. The fourth-order valence-corrected chi connectivity index (χ4v) is 2.26. The normalized spacial score (nSPS) is 17.1. The van der Waals surface area contributed by atoms with Crippen LogP contribution in [0.1, 0.15) is 11.1 Å².